The topological polar surface area (TPSA) is 71.3 Å². The molecule has 0 aromatic carbocycles. The molecule has 0 aliphatic carbocycles. The van der Waals surface area contributed by atoms with Crippen LogP contribution in [0.3, 0.4) is 0 Å². The molecule has 2 rings (SSSR count). The minimum absolute atomic E-state index is 0. The second-order valence-electron chi connectivity index (χ2n) is 6.78. The molecule has 1 aliphatic heterocycles. The Kier molecular flexibility index (Phi) is 12.7. The van der Waals surface area contributed by atoms with E-state index >= 15 is 0 Å². The first-order valence-corrected chi connectivity index (χ1v) is 9.60. The van der Waals surface area contributed by atoms with Gasteiger partial charge in [-0.15, -0.1) is 24.0 Å². The maximum absolute atomic E-state index is 5.77. The highest BCUT2D eigenvalue weighted by Crippen LogP contribution is 2.10. The van der Waals surface area contributed by atoms with Crippen molar-refractivity contribution in [1.29, 1.82) is 0 Å². The predicted octanol–water partition coefficient (Wildman–Crippen LogP) is 2.47. The number of hydrogen-bond donors (Lipinski definition) is 2. The lowest BCUT2D eigenvalue weighted by Crippen LogP contribution is -2.46. The summed E-state index contributed by atoms with van der Waals surface area (Å²) in [5, 5.41) is 6.69. The SMILES string of the molecule is CN=C(NCCCOCc1ccco1)NCCCN1CC(C)OC(C)C1.I. The third kappa shape index (κ3) is 10.3. The van der Waals surface area contributed by atoms with Crippen molar-refractivity contribution >= 4 is 29.9 Å². The first-order valence-electron chi connectivity index (χ1n) is 9.60. The van der Waals surface area contributed by atoms with E-state index in [1.54, 1.807) is 13.3 Å². The quantitative estimate of drug-likeness (QED) is 0.226. The molecular formula is C19H35IN4O3. The molecule has 2 N–H and O–H groups in total. The Labute approximate surface area is 180 Å². The first-order chi connectivity index (χ1) is 12.7. The zero-order chi connectivity index (χ0) is 18.6. The van der Waals surface area contributed by atoms with Crippen LogP contribution in [0, 0.1) is 0 Å². The molecule has 0 radical (unpaired) electrons. The lowest BCUT2D eigenvalue weighted by molar-refractivity contribution is -0.0679. The highest BCUT2D eigenvalue weighted by atomic mass is 127. The second kappa shape index (κ2) is 14.2. The van der Waals surface area contributed by atoms with E-state index in [0.717, 1.165) is 57.3 Å². The zero-order valence-corrected chi connectivity index (χ0v) is 19.1. The van der Waals surface area contributed by atoms with Crippen molar-refractivity contribution in [1.82, 2.24) is 15.5 Å². The van der Waals surface area contributed by atoms with Crippen LogP contribution in [-0.2, 0) is 16.1 Å². The van der Waals surface area contributed by atoms with Gasteiger partial charge in [-0.2, -0.15) is 0 Å². The summed E-state index contributed by atoms with van der Waals surface area (Å²) >= 11 is 0. The third-order valence-electron chi connectivity index (χ3n) is 4.24. The first kappa shape index (κ1) is 24.2. The fourth-order valence-electron chi connectivity index (χ4n) is 3.15. The lowest BCUT2D eigenvalue weighted by atomic mass is 10.2. The smallest absolute Gasteiger partial charge is 0.190 e. The molecule has 2 atom stereocenters. The van der Waals surface area contributed by atoms with Gasteiger partial charge in [0, 0.05) is 46.4 Å². The molecule has 1 aromatic heterocycles. The van der Waals surface area contributed by atoms with E-state index in [-0.39, 0.29) is 24.0 Å². The summed E-state index contributed by atoms with van der Waals surface area (Å²) in [5.74, 6) is 1.71. The van der Waals surface area contributed by atoms with E-state index in [1.807, 2.05) is 12.1 Å². The van der Waals surface area contributed by atoms with Crippen molar-refractivity contribution < 1.29 is 13.9 Å². The number of hydrogen-bond acceptors (Lipinski definition) is 5. The Bertz CT molecular complexity index is 503. The van der Waals surface area contributed by atoms with E-state index in [0.29, 0.717) is 25.4 Å². The Morgan fingerprint density at radius 3 is 2.56 bits per heavy atom. The van der Waals surface area contributed by atoms with Crippen molar-refractivity contribution in [3.05, 3.63) is 24.2 Å². The summed E-state index contributed by atoms with van der Waals surface area (Å²) < 4.78 is 16.6. The molecule has 2 heterocycles. The number of ether oxygens (including phenoxy) is 2. The van der Waals surface area contributed by atoms with Gasteiger partial charge in [-0.3, -0.25) is 9.89 Å². The average molecular weight is 494 g/mol. The number of halogens is 1. The van der Waals surface area contributed by atoms with Crippen LogP contribution >= 0.6 is 24.0 Å². The van der Waals surface area contributed by atoms with Crippen LogP contribution in [0.25, 0.3) is 0 Å². The molecule has 2 unspecified atom stereocenters. The van der Waals surface area contributed by atoms with Crippen molar-refractivity contribution in [2.75, 3.05) is 46.4 Å². The van der Waals surface area contributed by atoms with Gasteiger partial charge in [-0.25, -0.2) is 0 Å². The number of guanidine groups is 1. The summed E-state index contributed by atoms with van der Waals surface area (Å²) in [6.07, 6.45) is 4.33. The van der Waals surface area contributed by atoms with Gasteiger partial charge in [0.1, 0.15) is 12.4 Å². The molecule has 1 saturated heterocycles. The van der Waals surface area contributed by atoms with Crippen molar-refractivity contribution in [3.8, 4) is 0 Å². The van der Waals surface area contributed by atoms with Gasteiger partial charge < -0.3 is 24.5 Å². The average Bonchev–Trinajstić information content (AvgIpc) is 3.12. The molecule has 156 valence electrons. The second-order valence-corrected chi connectivity index (χ2v) is 6.78. The fraction of sp³-hybridized carbons (Fsp3) is 0.737. The number of nitrogens with zero attached hydrogens (tertiary/aromatic N) is 2. The van der Waals surface area contributed by atoms with E-state index in [9.17, 15) is 0 Å². The summed E-state index contributed by atoms with van der Waals surface area (Å²) in [6, 6.07) is 3.79. The molecule has 7 nitrogen and oxygen atoms in total. The Morgan fingerprint density at radius 1 is 1.22 bits per heavy atom. The Balaban J connectivity index is 0.00000364. The molecule has 1 aromatic rings. The van der Waals surface area contributed by atoms with Crippen LogP contribution in [-0.4, -0.2) is 69.4 Å². The van der Waals surface area contributed by atoms with Gasteiger partial charge in [0.25, 0.3) is 0 Å². The minimum Gasteiger partial charge on any atom is -0.467 e. The molecule has 0 spiro atoms. The Hall–Kier alpha value is -0.840. The van der Waals surface area contributed by atoms with Gasteiger partial charge in [0.2, 0.25) is 0 Å². The van der Waals surface area contributed by atoms with Crippen molar-refractivity contribution in [3.63, 3.8) is 0 Å². The van der Waals surface area contributed by atoms with Gasteiger partial charge in [-0.1, -0.05) is 0 Å². The van der Waals surface area contributed by atoms with E-state index in [4.69, 9.17) is 13.9 Å². The van der Waals surface area contributed by atoms with Crippen LogP contribution in [0.1, 0.15) is 32.4 Å². The van der Waals surface area contributed by atoms with Gasteiger partial charge >= 0.3 is 0 Å². The summed E-state index contributed by atoms with van der Waals surface area (Å²) in [6.45, 7) is 10.4. The highest BCUT2D eigenvalue weighted by molar-refractivity contribution is 14.0. The Morgan fingerprint density at radius 2 is 1.93 bits per heavy atom. The maximum atomic E-state index is 5.77. The summed E-state index contributed by atoms with van der Waals surface area (Å²) in [5.41, 5.74) is 0. The van der Waals surface area contributed by atoms with E-state index in [2.05, 4.69) is 34.4 Å². The minimum atomic E-state index is 0. The van der Waals surface area contributed by atoms with Crippen LogP contribution < -0.4 is 10.6 Å². The van der Waals surface area contributed by atoms with Crippen molar-refractivity contribution in [2.45, 2.75) is 45.5 Å². The monoisotopic (exact) mass is 494 g/mol. The molecule has 0 saturated carbocycles. The maximum Gasteiger partial charge on any atom is 0.190 e. The van der Waals surface area contributed by atoms with E-state index < -0.39 is 0 Å². The molecular weight excluding hydrogens is 459 g/mol. The van der Waals surface area contributed by atoms with E-state index in [1.165, 1.54) is 0 Å². The number of rotatable bonds is 10. The number of nitrogens with one attached hydrogen (secondary N) is 2. The largest absolute Gasteiger partial charge is 0.467 e. The zero-order valence-electron chi connectivity index (χ0n) is 16.8. The van der Waals surface area contributed by atoms with Crippen LogP contribution in [0.15, 0.2) is 27.8 Å². The number of morpholine rings is 1. The van der Waals surface area contributed by atoms with Gasteiger partial charge in [0.15, 0.2) is 5.96 Å². The molecule has 1 aliphatic rings. The summed E-state index contributed by atoms with van der Waals surface area (Å²) in [7, 11) is 1.80. The van der Waals surface area contributed by atoms with Gasteiger partial charge in [-0.05, 0) is 38.8 Å². The van der Waals surface area contributed by atoms with Crippen LogP contribution in [0.2, 0.25) is 0 Å². The van der Waals surface area contributed by atoms with Crippen molar-refractivity contribution in [2.24, 2.45) is 4.99 Å². The number of aliphatic imine (C=N–C) groups is 1. The lowest BCUT2D eigenvalue weighted by Gasteiger charge is -2.35. The normalized spacial score (nSPS) is 20.9. The summed E-state index contributed by atoms with van der Waals surface area (Å²) in [4.78, 5) is 6.74. The number of furan rings is 1. The van der Waals surface area contributed by atoms with Crippen LogP contribution in [0.5, 0.6) is 0 Å². The predicted molar refractivity (Wildman–Crippen MR) is 119 cm³/mol. The van der Waals surface area contributed by atoms with Gasteiger partial charge in [0.05, 0.1) is 18.5 Å². The highest BCUT2D eigenvalue weighted by Gasteiger charge is 2.21. The standard InChI is InChI=1S/C19H34N4O3.HI/c1-16-13-23(14-17(2)26-16)10-5-8-21-19(20-3)22-9-6-11-24-15-18-7-4-12-25-18;/h4,7,12,16-17H,5-6,8-11,13-15H2,1-3H3,(H2,20,21,22);1H. The molecule has 0 amide bonds. The molecule has 0 bridgehead atoms. The molecule has 1 fully saturated rings. The van der Waals surface area contributed by atoms with Crippen LogP contribution in [0.4, 0.5) is 0 Å². The molecule has 27 heavy (non-hydrogen) atoms. The molecule has 8 heteroatoms. The fourth-order valence-corrected chi connectivity index (χ4v) is 3.15. The third-order valence-corrected chi connectivity index (χ3v) is 4.24.